The minimum absolute atomic E-state index is 0.354. The molecule has 0 amide bonds. The molecular weight excluding hydrogens is 262 g/mol. The molecule has 1 aromatic carbocycles. The molecule has 3 nitrogen and oxygen atoms in total. The summed E-state index contributed by atoms with van der Waals surface area (Å²) in [6.07, 6.45) is 2.31. The number of rotatable bonds is 7. The zero-order chi connectivity index (χ0) is 14.4. The summed E-state index contributed by atoms with van der Waals surface area (Å²) in [5.74, 6) is -0.750. The van der Waals surface area contributed by atoms with Crippen LogP contribution in [-0.4, -0.2) is 44.3 Å². The molecule has 1 N–H and O–H groups in total. The Morgan fingerprint density at radius 3 is 2.95 bits per heavy atom. The smallest absolute Gasteiger partial charge is 0.127 e. The van der Waals surface area contributed by atoms with E-state index in [1.807, 2.05) is 0 Å². The summed E-state index contributed by atoms with van der Waals surface area (Å²) in [5.41, 5.74) is 0.402. The maximum Gasteiger partial charge on any atom is 0.127 e. The molecule has 0 saturated carbocycles. The van der Waals surface area contributed by atoms with E-state index in [4.69, 9.17) is 4.74 Å². The van der Waals surface area contributed by atoms with Crippen LogP contribution in [-0.2, 0) is 11.3 Å². The van der Waals surface area contributed by atoms with Crippen molar-refractivity contribution in [2.45, 2.75) is 25.4 Å². The minimum atomic E-state index is -0.396. The second kappa shape index (κ2) is 7.67. The third-order valence-corrected chi connectivity index (χ3v) is 3.65. The Balaban J connectivity index is 1.99. The van der Waals surface area contributed by atoms with Crippen LogP contribution in [0.15, 0.2) is 18.2 Å². The lowest BCUT2D eigenvalue weighted by Crippen LogP contribution is -2.39. The summed E-state index contributed by atoms with van der Waals surface area (Å²) in [6, 6.07) is 4.05. The molecule has 0 aliphatic carbocycles. The Morgan fingerprint density at radius 2 is 2.25 bits per heavy atom. The van der Waals surface area contributed by atoms with Gasteiger partial charge in [-0.3, -0.25) is 4.90 Å². The molecule has 1 aromatic rings. The summed E-state index contributed by atoms with van der Waals surface area (Å²) >= 11 is 0. The molecule has 1 saturated heterocycles. The van der Waals surface area contributed by atoms with Crippen LogP contribution < -0.4 is 5.32 Å². The molecule has 112 valence electrons. The van der Waals surface area contributed by atoms with Crippen molar-refractivity contribution in [3.8, 4) is 0 Å². The van der Waals surface area contributed by atoms with Gasteiger partial charge in [0.05, 0.1) is 6.61 Å². The highest BCUT2D eigenvalue weighted by Gasteiger charge is 2.19. The van der Waals surface area contributed by atoms with E-state index in [0.717, 1.165) is 25.6 Å². The molecule has 1 unspecified atom stereocenters. The van der Waals surface area contributed by atoms with Crippen molar-refractivity contribution in [3.05, 3.63) is 35.4 Å². The van der Waals surface area contributed by atoms with Crippen LogP contribution in [0.5, 0.6) is 0 Å². The molecule has 1 aliphatic heterocycles. The van der Waals surface area contributed by atoms with Gasteiger partial charge >= 0.3 is 0 Å². The Morgan fingerprint density at radius 1 is 1.40 bits per heavy atom. The fourth-order valence-corrected chi connectivity index (χ4v) is 2.58. The molecule has 0 bridgehead atoms. The first kappa shape index (κ1) is 15.4. The lowest BCUT2D eigenvalue weighted by atomic mass is 10.1. The Kier molecular flexibility index (Phi) is 5.88. The van der Waals surface area contributed by atoms with Crippen molar-refractivity contribution in [1.29, 1.82) is 0 Å². The van der Waals surface area contributed by atoms with Crippen LogP contribution >= 0.6 is 0 Å². The highest BCUT2D eigenvalue weighted by atomic mass is 19.1. The largest absolute Gasteiger partial charge is 0.383 e. The third-order valence-electron chi connectivity index (χ3n) is 3.65. The molecule has 5 heteroatoms. The fraction of sp³-hybridized carbons (Fsp3) is 0.600. The summed E-state index contributed by atoms with van der Waals surface area (Å²) < 4.78 is 32.1. The van der Waals surface area contributed by atoms with Crippen molar-refractivity contribution in [3.63, 3.8) is 0 Å². The summed E-state index contributed by atoms with van der Waals surface area (Å²) in [5, 5.41) is 3.42. The van der Waals surface area contributed by atoms with Crippen LogP contribution in [0.2, 0.25) is 0 Å². The second-order valence-electron chi connectivity index (χ2n) is 5.26. The van der Waals surface area contributed by atoms with Crippen molar-refractivity contribution in [2.75, 3.05) is 33.4 Å². The molecular formula is C15H22F2N2O. The molecule has 0 radical (unpaired) electrons. The maximum absolute atomic E-state index is 13.7. The predicted molar refractivity (Wildman–Crippen MR) is 74.5 cm³/mol. The topological polar surface area (TPSA) is 24.5 Å². The van der Waals surface area contributed by atoms with Gasteiger partial charge < -0.3 is 10.1 Å². The molecule has 1 heterocycles. The van der Waals surface area contributed by atoms with E-state index in [1.54, 1.807) is 7.11 Å². The molecule has 1 atom stereocenters. The number of nitrogens with zero attached hydrogens (tertiary/aromatic N) is 1. The van der Waals surface area contributed by atoms with Crippen molar-refractivity contribution in [1.82, 2.24) is 10.2 Å². The standard InChI is InChI=1S/C15H22F2N2O/c1-20-8-7-19(11-14-3-2-6-18-14)10-12-9-13(16)4-5-15(12)17/h4-5,9,14,18H,2-3,6-8,10-11H2,1H3. The molecule has 0 aromatic heterocycles. The van der Waals surface area contributed by atoms with Gasteiger partial charge in [-0.1, -0.05) is 0 Å². The first-order chi connectivity index (χ1) is 9.69. The van der Waals surface area contributed by atoms with E-state index in [-0.39, 0.29) is 5.82 Å². The van der Waals surface area contributed by atoms with Gasteiger partial charge in [0.2, 0.25) is 0 Å². The Hall–Kier alpha value is -1.04. The van der Waals surface area contributed by atoms with E-state index in [2.05, 4.69) is 10.2 Å². The summed E-state index contributed by atoms with van der Waals surface area (Å²) in [4.78, 5) is 2.12. The van der Waals surface area contributed by atoms with E-state index in [1.165, 1.54) is 18.6 Å². The van der Waals surface area contributed by atoms with Gasteiger partial charge in [0.1, 0.15) is 11.6 Å². The number of methoxy groups -OCH3 is 1. The molecule has 0 spiro atoms. The molecule has 2 rings (SSSR count). The average molecular weight is 284 g/mol. The van der Waals surface area contributed by atoms with Gasteiger partial charge in [-0.05, 0) is 37.6 Å². The van der Waals surface area contributed by atoms with Crippen LogP contribution in [0.25, 0.3) is 0 Å². The van der Waals surface area contributed by atoms with Crippen molar-refractivity contribution >= 4 is 0 Å². The number of benzene rings is 1. The Labute approximate surface area is 118 Å². The lowest BCUT2D eigenvalue weighted by Gasteiger charge is -2.25. The fourth-order valence-electron chi connectivity index (χ4n) is 2.58. The molecule has 1 aliphatic rings. The molecule has 20 heavy (non-hydrogen) atoms. The maximum atomic E-state index is 13.7. The van der Waals surface area contributed by atoms with Gasteiger partial charge in [0.15, 0.2) is 0 Å². The number of nitrogens with one attached hydrogen (secondary N) is 1. The zero-order valence-corrected chi connectivity index (χ0v) is 11.9. The quantitative estimate of drug-likeness (QED) is 0.830. The molecule has 1 fully saturated rings. The highest BCUT2D eigenvalue weighted by Crippen LogP contribution is 2.14. The van der Waals surface area contributed by atoms with E-state index in [0.29, 0.717) is 31.3 Å². The number of hydrogen-bond acceptors (Lipinski definition) is 3. The normalized spacial score (nSPS) is 18.9. The predicted octanol–water partition coefficient (Wildman–Crippen LogP) is 2.17. The monoisotopic (exact) mass is 284 g/mol. The van der Waals surface area contributed by atoms with Crippen LogP contribution in [0.1, 0.15) is 18.4 Å². The number of ether oxygens (including phenoxy) is 1. The van der Waals surface area contributed by atoms with Gasteiger partial charge in [-0.15, -0.1) is 0 Å². The zero-order valence-electron chi connectivity index (χ0n) is 11.9. The van der Waals surface area contributed by atoms with Gasteiger partial charge in [0, 0.05) is 38.3 Å². The number of halogens is 2. The summed E-state index contributed by atoms with van der Waals surface area (Å²) in [6.45, 7) is 3.58. The van der Waals surface area contributed by atoms with Crippen molar-refractivity contribution in [2.24, 2.45) is 0 Å². The van der Waals surface area contributed by atoms with Gasteiger partial charge in [-0.25, -0.2) is 8.78 Å². The first-order valence-electron chi connectivity index (χ1n) is 7.07. The van der Waals surface area contributed by atoms with E-state index in [9.17, 15) is 8.78 Å². The minimum Gasteiger partial charge on any atom is -0.383 e. The number of hydrogen-bond donors (Lipinski definition) is 1. The highest BCUT2D eigenvalue weighted by molar-refractivity contribution is 5.18. The first-order valence-corrected chi connectivity index (χ1v) is 7.07. The second-order valence-corrected chi connectivity index (χ2v) is 5.26. The third kappa shape index (κ3) is 4.51. The van der Waals surface area contributed by atoms with E-state index >= 15 is 0 Å². The van der Waals surface area contributed by atoms with Gasteiger partial charge in [0.25, 0.3) is 0 Å². The van der Waals surface area contributed by atoms with Crippen LogP contribution in [0, 0.1) is 11.6 Å². The van der Waals surface area contributed by atoms with E-state index < -0.39 is 5.82 Å². The van der Waals surface area contributed by atoms with Gasteiger partial charge in [-0.2, -0.15) is 0 Å². The van der Waals surface area contributed by atoms with Crippen molar-refractivity contribution < 1.29 is 13.5 Å². The Bertz CT molecular complexity index is 422. The van der Waals surface area contributed by atoms with Crippen LogP contribution in [0.4, 0.5) is 8.78 Å². The summed E-state index contributed by atoms with van der Waals surface area (Å²) in [7, 11) is 1.65. The average Bonchev–Trinajstić information content (AvgIpc) is 2.93. The van der Waals surface area contributed by atoms with Crippen LogP contribution in [0.3, 0.4) is 0 Å². The lowest BCUT2D eigenvalue weighted by molar-refractivity contribution is 0.137. The SMILES string of the molecule is COCCN(Cc1cc(F)ccc1F)CC1CCCN1.